The van der Waals surface area contributed by atoms with Gasteiger partial charge in [-0.2, -0.15) is 0 Å². The Morgan fingerprint density at radius 1 is 1.21 bits per heavy atom. The molecule has 1 aromatic rings. The molecule has 0 saturated carbocycles. The van der Waals surface area contributed by atoms with Crippen LogP contribution in [-0.2, 0) is 0 Å². The molecule has 0 aromatic heterocycles. The first-order chi connectivity index (χ1) is 9.16. The van der Waals surface area contributed by atoms with Gasteiger partial charge in [-0.1, -0.05) is 25.1 Å². The maximum atomic E-state index is 6.51. The number of hydrogen-bond donors (Lipinski definition) is 1. The lowest BCUT2D eigenvalue weighted by Gasteiger charge is -2.45. The van der Waals surface area contributed by atoms with Gasteiger partial charge in [-0.3, -0.25) is 4.90 Å². The topological polar surface area (TPSA) is 38.5 Å². The van der Waals surface area contributed by atoms with E-state index in [0.717, 1.165) is 30.4 Å². The molecule has 1 saturated heterocycles. The molecule has 19 heavy (non-hydrogen) atoms. The van der Waals surface area contributed by atoms with Crippen molar-refractivity contribution in [2.45, 2.75) is 44.8 Å². The number of hydrogen-bond acceptors (Lipinski definition) is 3. The third-order valence-corrected chi connectivity index (χ3v) is 4.69. The quantitative estimate of drug-likeness (QED) is 0.843. The number of benzene rings is 1. The van der Waals surface area contributed by atoms with Crippen LogP contribution in [0.3, 0.4) is 0 Å². The van der Waals surface area contributed by atoms with Crippen LogP contribution in [0.5, 0.6) is 5.75 Å². The largest absolute Gasteiger partial charge is 0.492 e. The summed E-state index contributed by atoms with van der Waals surface area (Å²) in [6.07, 6.45) is 2.60. The predicted molar refractivity (Wildman–Crippen MR) is 77.2 cm³/mol. The maximum absolute atomic E-state index is 6.51. The third kappa shape index (κ3) is 2.37. The summed E-state index contributed by atoms with van der Waals surface area (Å²) in [6, 6.07) is 9.17. The molecule has 3 heteroatoms. The lowest BCUT2D eigenvalue weighted by Crippen LogP contribution is -2.55. The van der Waals surface area contributed by atoms with Crippen molar-refractivity contribution in [3.63, 3.8) is 0 Å². The molecule has 0 spiro atoms. The highest BCUT2D eigenvalue weighted by molar-refractivity contribution is 5.38. The van der Waals surface area contributed by atoms with E-state index in [1.807, 2.05) is 18.2 Å². The molecule has 0 aliphatic carbocycles. The summed E-state index contributed by atoms with van der Waals surface area (Å²) >= 11 is 0. The molecule has 4 atom stereocenters. The van der Waals surface area contributed by atoms with Gasteiger partial charge in [0.1, 0.15) is 12.4 Å². The van der Waals surface area contributed by atoms with Gasteiger partial charge in [-0.25, -0.2) is 0 Å². The van der Waals surface area contributed by atoms with Crippen molar-refractivity contribution in [1.82, 2.24) is 4.90 Å². The molecule has 3 nitrogen and oxygen atoms in total. The van der Waals surface area contributed by atoms with Crippen molar-refractivity contribution in [1.29, 1.82) is 0 Å². The SMILES string of the molecule is CC1CCC(C)N(C2COc3ccccc3C2N)C1. The zero-order valence-electron chi connectivity index (χ0n) is 11.9. The van der Waals surface area contributed by atoms with Crippen LogP contribution < -0.4 is 10.5 Å². The number of nitrogens with zero attached hydrogens (tertiary/aromatic N) is 1. The van der Waals surface area contributed by atoms with Crippen molar-refractivity contribution >= 4 is 0 Å². The summed E-state index contributed by atoms with van der Waals surface area (Å²) in [7, 11) is 0. The lowest BCUT2D eigenvalue weighted by atomic mass is 9.89. The van der Waals surface area contributed by atoms with E-state index in [2.05, 4.69) is 24.8 Å². The van der Waals surface area contributed by atoms with E-state index >= 15 is 0 Å². The molecule has 0 radical (unpaired) electrons. The van der Waals surface area contributed by atoms with Crippen LogP contribution in [0.25, 0.3) is 0 Å². The number of nitrogens with two attached hydrogens (primary N) is 1. The second-order valence-corrected chi connectivity index (χ2v) is 6.17. The molecule has 0 bridgehead atoms. The molecule has 4 unspecified atom stereocenters. The molecular formula is C16H24N2O. The summed E-state index contributed by atoms with van der Waals surface area (Å²) in [6.45, 7) is 6.52. The zero-order chi connectivity index (χ0) is 13.4. The molecule has 104 valence electrons. The van der Waals surface area contributed by atoms with Gasteiger partial charge in [0.15, 0.2) is 0 Å². The fraction of sp³-hybridized carbons (Fsp3) is 0.625. The first kappa shape index (κ1) is 12.9. The number of para-hydroxylation sites is 1. The van der Waals surface area contributed by atoms with Crippen molar-refractivity contribution in [2.75, 3.05) is 13.2 Å². The Morgan fingerprint density at radius 3 is 2.84 bits per heavy atom. The average molecular weight is 260 g/mol. The first-order valence-corrected chi connectivity index (χ1v) is 7.40. The van der Waals surface area contributed by atoms with E-state index in [-0.39, 0.29) is 6.04 Å². The Hall–Kier alpha value is -1.06. The number of likely N-dealkylation sites (tertiary alicyclic amines) is 1. The molecule has 1 fully saturated rings. The Bertz CT molecular complexity index is 448. The van der Waals surface area contributed by atoms with Crippen molar-refractivity contribution in [2.24, 2.45) is 11.7 Å². The van der Waals surface area contributed by atoms with E-state index in [1.54, 1.807) is 0 Å². The fourth-order valence-corrected chi connectivity index (χ4v) is 3.46. The van der Waals surface area contributed by atoms with Crippen LogP contribution in [0.15, 0.2) is 24.3 Å². The van der Waals surface area contributed by atoms with Crippen molar-refractivity contribution in [3.05, 3.63) is 29.8 Å². The van der Waals surface area contributed by atoms with Crippen LogP contribution in [-0.4, -0.2) is 30.1 Å². The summed E-state index contributed by atoms with van der Waals surface area (Å²) in [5.41, 5.74) is 7.66. The molecule has 2 aliphatic heterocycles. The Kier molecular flexibility index (Phi) is 3.50. The number of rotatable bonds is 1. The molecular weight excluding hydrogens is 236 g/mol. The van der Waals surface area contributed by atoms with Gasteiger partial charge in [-0.05, 0) is 31.7 Å². The highest BCUT2D eigenvalue weighted by Crippen LogP contribution is 2.35. The molecule has 2 heterocycles. The monoisotopic (exact) mass is 260 g/mol. The Morgan fingerprint density at radius 2 is 2.00 bits per heavy atom. The summed E-state index contributed by atoms with van der Waals surface area (Å²) in [5.74, 6) is 1.73. The predicted octanol–water partition coefficient (Wildman–Crippen LogP) is 2.57. The highest BCUT2D eigenvalue weighted by atomic mass is 16.5. The van der Waals surface area contributed by atoms with Gasteiger partial charge in [0.05, 0.1) is 12.1 Å². The zero-order valence-corrected chi connectivity index (χ0v) is 11.9. The number of ether oxygens (including phenoxy) is 1. The fourth-order valence-electron chi connectivity index (χ4n) is 3.46. The van der Waals surface area contributed by atoms with Gasteiger partial charge in [0.25, 0.3) is 0 Å². The highest BCUT2D eigenvalue weighted by Gasteiger charge is 2.36. The van der Waals surface area contributed by atoms with Crippen LogP contribution in [0, 0.1) is 5.92 Å². The van der Waals surface area contributed by atoms with Crippen LogP contribution in [0.4, 0.5) is 0 Å². The minimum Gasteiger partial charge on any atom is -0.492 e. The van der Waals surface area contributed by atoms with Crippen LogP contribution in [0.1, 0.15) is 38.3 Å². The van der Waals surface area contributed by atoms with Crippen molar-refractivity contribution < 1.29 is 4.74 Å². The number of fused-ring (bicyclic) bond motifs is 1. The summed E-state index contributed by atoms with van der Waals surface area (Å²) < 4.78 is 5.92. The minimum atomic E-state index is 0.0673. The van der Waals surface area contributed by atoms with E-state index in [9.17, 15) is 0 Å². The second-order valence-electron chi connectivity index (χ2n) is 6.17. The second kappa shape index (κ2) is 5.14. The van der Waals surface area contributed by atoms with E-state index in [4.69, 9.17) is 10.5 Å². The van der Waals surface area contributed by atoms with E-state index < -0.39 is 0 Å². The molecule has 2 N–H and O–H groups in total. The first-order valence-electron chi connectivity index (χ1n) is 7.40. The van der Waals surface area contributed by atoms with E-state index in [1.165, 1.54) is 12.8 Å². The third-order valence-electron chi connectivity index (χ3n) is 4.69. The smallest absolute Gasteiger partial charge is 0.124 e. The Balaban J connectivity index is 1.83. The van der Waals surface area contributed by atoms with Crippen LogP contribution in [0.2, 0.25) is 0 Å². The summed E-state index contributed by atoms with van der Waals surface area (Å²) in [4.78, 5) is 2.56. The average Bonchev–Trinajstić information content (AvgIpc) is 2.43. The molecule has 3 rings (SSSR count). The van der Waals surface area contributed by atoms with Gasteiger partial charge in [0, 0.05) is 18.2 Å². The Labute approximate surface area is 115 Å². The molecule has 1 aromatic carbocycles. The van der Waals surface area contributed by atoms with Gasteiger partial charge < -0.3 is 10.5 Å². The van der Waals surface area contributed by atoms with Crippen LogP contribution >= 0.6 is 0 Å². The van der Waals surface area contributed by atoms with Gasteiger partial charge in [0.2, 0.25) is 0 Å². The van der Waals surface area contributed by atoms with Gasteiger partial charge in [-0.15, -0.1) is 0 Å². The molecule has 0 amide bonds. The van der Waals surface area contributed by atoms with Crippen molar-refractivity contribution in [3.8, 4) is 5.75 Å². The lowest BCUT2D eigenvalue weighted by molar-refractivity contribution is 0.0285. The normalized spacial score (nSPS) is 35.5. The molecule has 2 aliphatic rings. The number of piperidine rings is 1. The van der Waals surface area contributed by atoms with E-state index in [0.29, 0.717) is 12.1 Å². The standard InChI is InChI=1S/C16H24N2O/c1-11-7-8-12(2)18(9-11)14-10-19-15-6-4-3-5-13(15)16(14)17/h3-6,11-12,14,16H,7-10,17H2,1-2H3. The van der Waals surface area contributed by atoms with Gasteiger partial charge >= 0.3 is 0 Å². The minimum absolute atomic E-state index is 0.0673. The maximum Gasteiger partial charge on any atom is 0.124 e. The summed E-state index contributed by atoms with van der Waals surface area (Å²) in [5, 5.41) is 0.